The third-order valence-electron chi connectivity index (χ3n) is 0.586. The minimum Gasteiger partial charge on any atom is -0.515 e. The summed E-state index contributed by atoms with van der Waals surface area (Å²) >= 11 is 0. The molecule has 9 heavy (non-hydrogen) atoms. The van der Waals surface area contributed by atoms with Crippen LogP contribution in [-0.2, 0) is 9.59 Å². The quantitative estimate of drug-likeness (QED) is 0.323. The molecule has 0 saturated heterocycles. The fourth-order valence-electron chi connectivity index (χ4n) is 0.291. The molecule has 0 aliphatic rings. The van der Waals surface area contributed by atoms with Gasteiger partial charge in [0.05, 0.1) is 6.26 Å². The van der Waals surface area contributed by atoms with Crippen LogP contribution in [0, 0.1) is 0 Å². The molecule has 0 aliphatic carbocycles. The molecule has 0 aromatic heterocycles. The summed E-state index contributed by atoms with van der Waals surface area (Å²) in [5.41, 5.74) is 0. The fraction of sp³-hybridized carbons (Fsp3) is 0.200. The number of aliphatic hydroxyl groups is 1. The molecule has 0 aliphatic heterocycles. The Morgan fingerprint density at radius 1 is 1.44 bits per heavy atom. The SMILES string of the molecule is O=C(O)CC(=O)C=CO. The van der Waals surface area contributed by atoms with Crippen LogP contribution in [0.3, 0.4) is 0 Å². The van der Waals surface area contributed by atoms with Crippen LogP contribution in [0.25, 0.3) is 0 Å². The number of carbonyl (C=O) groups excluding carboxylic acids is 1. The van der Waals surface area contributed by atoms with Crippen LogP contribution in [-0.4, -0.2) is 22.0 Å². The van der Waals surface area contributed by atoms with Gasteiger partial charge in [0.1, 0.15) is 6.42 Å². The predicted octanol–water partition coefficient (Wildman–Crippen LogP) is 0.102. The van der Waals surface area contributed by atoms with Crippen LogP contribution in [0.5, 0.6) is 0 Å². The maximum Gasteiger partial charge on any atom is 0.311 e. The third-order valence-corrected chi connectivity index (χ3v) is 0.586. The lowest BCUT2D eigenvalue weighted by Crippen LogP contribution is -2.02. The van der Waals surface area contributed by atoms with Gasteiger partial charge in [-0.2, -0.15) is 0 Å². The molecule has 0 aromatic rings. The van der Waals surface area contributed by atoms with E-state index >= 15 is 0 Å². The van der Waals surface area contributed by atoms with Crippen LogP contribution >= 0.6 is 0 Å². The summed E-state index contributed by atoms with van der Waals surface area (Å²) in [7, 11) is 0. The number of hydrogen-bond acceptors (Lipinski definition) is 3. The zero-order chi connectivity index (χ0) is 7.28. The van der Waals surface area contributed by atoms with E-state index < -0.39 is 18.2 Å². The van der Waals surface area contributed by atoms with Crippen molar-refractivity contribution in [3.8, 4) is 0 Å². The van der Waals surface area contributed by atoms with Crippen LogP contribution < -0.4 is 0 Å². The van der Waals surface area contributed by atoms with E-state index in [-0.39, 0.29) is 0 Å². The summed E-state index contributed by atoms with van der Waals surface area (Å²) in [6, 6.07) is 0. The molecule has 0 spiro atoms. The lowest BCUT2D eigenvalue weighted by atomic mass is 10.3. The molecule has 2 N–H and O–H groups in total. The molecule has 0 saturated carbocycles. The van der Waals surface area contributed by atoms with E-state index in [1.54, 1.807) is 0 Å². The molecule has 50 valence electrons. The Hall–Kier alpha value is -1.32. The molecular formula is C5H6O4. The Morgan fingerprint density at radius 3 is 2.33 bits per heavy atom. The van der Waals surface area contributed by atoms with E-state index in [1.807, 2.05) is 0 Å². The number of ketones is 1. The maximum absolute atomic E-state index is 10.2. The van der Waals surface area contributed by atoms with Gasteiger partial charge in [-0.1, -0.05) is 0 Å². The number of carboxylic acids is 1. The van der Waals surface area contributed by atoms with Gasteiger partial charge < -0.3 is 10.2 Å². The summed E-state index contributed by atoms with van der Waals surface area (Å²) < 4.78 is 0. The smallest absolute Gasteiger partial charge is 0.311 e. The van der Waals surface area contributed by atoms with Gasteiger partial charge in [-0.15, -0.1) is 0 Å². The molecule has 0 unspecified atom stereocenters. The van der Waals surface area contributed by atoms with E-state index in [1.165, 1.54) is 0 Å². The summed E-state index contributed by atoms with van der Waals surface area (Å²) in [6.45, 7) is 0. The van der Waals surface area contributed by atoms with Gasteiger partial charge in [0.25, 0.3) is 0 Å². The Morgan fingerprint density at radius 2 is 2.00 bits per heavy atom. The van der Waals surface area contributed by atoms with Crippen LogP contribution in [0.1, 0.15) is 6.42 Å². The highest BCUT2D eigenvalue weighted by atomic mass is 16.4. The van der Waals surface area contributed by atoms with E-state index in [0.717, 1.165) is 6.08 Å². The molecule has 0 heterocycles. The number of rotatable bonds is 3. The van der Waals surface area contributed by atoms with Gasteiger partial charge in [-0.05, 0) is 0 Å². The summed E-state index contributed by atoms with van der Waals surface area (Å²) in [4.78, 5) is 20.0. The standard InChI is InChI=1S/C5H6O4/c6-2-1-4(7)3-5(8)9/h1-2,6H,3H2,(H,8,9). The zero-order valence-electron chi connectivity index (χ0n) is 4.57. The number of carbonyl (C=O) groups is 2. The van der Waals surface area contributed by atoms with Crippen molar-refractivity contribution in [1.29, 1.82) is 0 Å². The van der Waals surface area contributed by atoms with Crippen molar-refractivity contribution >= 4 is 11.8 Å². The number of carboxylic acid groups (broad SMARTS) is 1. The van der Waals surface area contributed by atoms with Gasteiger partial charge in [-0.25, -0.2) is 0 Å². The van der Waals surface area contributed by atoms with Crippen molar-refractivity contribution in [1.82, 2.24) is 0 Å². The largest absolute Gasteiger partial charge is 0.515 e. The van der Waals surface area contributed by atoms with Crippen molar-refractivity contribution in [3.63, 3.8) is 0 Å². The summed E-state index contributed by atoms with van der Waals surface area (Å²) in [6.07, 6.45) is 0.746. The second kappa shape index (κ2) is 3.65. The van der Waals surface area contributed by atoms with Gasteiger partial charge >= 0.3 is 5.97 Å². The van der Waals surface area contributed by atoms with Crippen LogP contribution in [0.15, 0.2) is 12.3 Å². The van der Waals surface area contributed by atoms with Crippen molar-refractivity contribution in [3.05, 3.63) is 12.3 Å². The number of allylic oxidation sites excluding steroid dienone is 1. The first-order chi connectivity index (χ1) is 4.16. The zero-order valence-corrected chi connectivity index (χ0v) is 4.57. The normalized spacial score (nSPS) is 9.78. The molecular weight excluding hydrogens is 124 g/mol. The average molecular weight is 130 g/mol. The molecule has 0 bridgehead atoms. The molecule has 4 nitrogen and oxygen atoms in total. The minimum atomic E-state index is -1.20. The molecule has 0 fully saturated rings. The Balaban J connectivity index is 3.64. The lowest BCUT2D eigenvalue weighted by Gasteiger charge is -1.83. The number of aliphatic carboxylic acids is 1. The first-order valence-corrected chi connectivity index (χ1v) is 2.22. The van der Waals surface area contributed by atoms with Crippen LogP contribution in [0.4, 0.5) is 0 Å². The first kappa shape index (κ1) is 7.68. The van der Waals surface area contributed by atoms with E-state index in [0.29, 0.717) is 6.26 Å². The topological polar surface area (TPSA) is 74.6 Å². The molecule has 0 rings (SSSR count). The predicted molar refractivity (Wildman–Crippen MR) is 29.0 cm³/mol. The fourth-order valence-corrected chi connectivity index (χ4v) is 0.291. The number of hydrogen-bond donors (Lipinski definition) is 2. The molecule has 0 aromatic carbocycles. The Bertz CT molecular complexity index is 147. The summed E-state index contributed by atoms with van der Waals surface area (Å²) in [5, 5.41) is 15.9. The van der Waals surface area contributed by atoms with E-state index in [9.17, 15) is 9.59 Å². The number of aliphatic hydroxyl groups excluding tert-OH is 1. The van der Waals surface area contributed by atoms with Crippen molar-refractivity contribution in [2.45, 2.75) is 6.42 Å². The Labute approximate surface area is 51.4 Å². The maximum atomic E-state index is 10.2. The highest BCUT2D eigenvalue weighted by Gasteiger charge is 2.01. The molecule has 4 heteroatoms. The third kappa shape index (κ3) is 4.53. The molecule has 0 radical (unpaired) electrons. The second-order valence-corrected chi connectivity index (χ2v) is 1.35. The van der Waals surface area contributed by atoms with Crippen molar-refractivity contribution in [2.75, 3.05) is 0 Å². The van der Waals surface area contributed by atoms with Gasteiger partial charge in [0, 0.05) is 6.08 Å². The molecule has 0 amide bonds. The summed E-state index contributed by atoms with van der Waals surface area (Å²) in [5.74, 6) is -1.82. The Kier molecular flexibility index (Phi) is 3.12. The van der Waals surface area contributed by atoms with E-state index in [2.05, 4.69) is 0 Å². The van der Waals surface area contributed by atoms with Gasteiger partial charge in [0.15, 0.2) is 5.78 Å². The monoisotopic (exact) mass is 130 g/mol. The second-order valence-electron chi connectivity index (χ2n) is 1.35. The van der Waals surface area contributed by atoms with Crippen molar-refractivity contribution < 1.29 is 19.8 Å². The lowest BCUT2D eigenvalue weighted by molar-refractivity contribution is -0.139. The van der Waals surface area contributed by atoms with Gasteiger partial charge in [0.2, 0.25) is 0 Å². The van der Waals surface area contributed by atoms with E-state index in [4.69, 9.17) is 10.2 Å². The molecule has 0 atom stereocenters. The highest BCUT2D eigenvalue weighted by molar-refractivity contribution is 6.01. The average Bonchev–Trinajstić information content (AvgIpc) is 1.63. The van der Waals surface area contributed by atoms with Crippen LogP contribution in [0.2, 0.25) is 0 Å². The van der Waals surface area contributed by atoms with Gasteiger partial charge in [-0.3, -0.25) is 9.59 Å². The highest BCUT2D eigenvalue weighted by Crippen LogP contribution is 1.83. The van der Waals surface area contributed by atoms with Crippen molar-refractivity contribution in [2.24, 2.45) is 0 Å². The first-order valence-electron chi connectivity index (χ1n) is 2.22. The minimum absolute atomic E-state index is 0.519.